The molecule has 0 aromatic heterocycles. The van der Waals surface area contributed by atoms with E-state index in [1.165, 1.54) is 5.56 Å². The molecule has 2 N–H and O–H groups in total. The molecule has 0 saturated carbocycles. The highest BCUT2D eigenvalue weighted by atomic mass is 16.5. The van der Waals surface area contributed by atoms with Gasteiger partial charge < -0.3 is 15.2 Å². The number of rotatable bonds is 8. The van der Waals surface area contributed by atoms with Gasteiger partial charge in [-0.3, -0.25) is 0 Å². The predicted octanol–water partition coefficient (Wildman–Crippen LogP) is 2.55. The Morgan fingerprint density at radius 3 is 2.39 bits per heavy atom. The topological polar surface area (TPSA) is 41.5 Å². The van der Waals surface area contributed by atoms with Crippen molar-refractivity contribution >= 4 is 0 Å². The molecule has 0 bridgehead atoms. The van der Waals surface area contributed by atoms with E-state index < -0.39 is 0 Å². The lowest BCUT2D eigenvalue weighted by molar-refractivity contribution is 0.210. The number of ether oxygens (including phenoxy) is 1. The first-order valence-electron chi connectivity index (χ1n) is 6.74. The maximum Gasteiger partial charge on any atom is 0.119 e. The molecule has 1 aromatic rings. The average Bonchev–Trinajstić information content (AvgIpc) is 2.38. The van der Waals surface area contributed by atoms with E-state index in [0.717, 1.165) is 18.7 Å². The Kier molecular flexibility index (Phi) is 6.76. The van der Waals surface area contributed by atoms with Crippen molar-refractivity contribution in [1.82, 2.24) is 5.32 Å². The molecular formula is C15H25NO2. The zero-order chi connectivity index (χ0) is 13.4. The summed E-state index contributed by atoms with van der Waals surface area (Å²) in [6.45, 7) is 8.04. The van der Waals surface area contributed by atoms with Crippen LogP contribution < -0.4 is 10.1 Å². The Morgan fingerprint density at radius 2 is 1.89 bits per heavy atom. The van der Waals surface area contributed by atoms with Crippen molar-refractivity contribution in [2.24, 2.45) is 0 Å². The molecule has 1 rings (SSSR count). The van der Waals surface area contributed by atoms with Gasteiger partial charge in [0.1, 0.15) is 5.75 Å². The molecule has 0 radical (unpaired) electrons. The normalized spacial score (nSPS) is 12.7. The second-order valence-electron chi connectivity index (χ2n) is 4.80. The molecule has 0 aliphatic heterocycles. The second-order valence-corrected chi connectivity index (χ2v) is 4.80. The van der Waals surface area contributed by atoms with E-state index in [-0.39, 0.29) is 12.6 Å². The standard InChI is InChI=1S/C15H25NO2/c1-4-16-14(11-17)9-10-18-15-7-5-13(6-8-15)12(2)3/h5-8,12,14,16-17H,4,9-11H2,1-3H3. The van der Waals surface area contributed by atoms with E-state index >= 15 is 0 Å². The van der Waals surface area contributed by atoms with Crippen molar-refractivity contribution in [3.8, 4) is 5.75 Å². The van der Waals surface area contributed by atoms with E-state index in [4.69, 9.17) is 9.84 Å². The number of nitrogens with one attached hydrogen (secondary N) is 1. The van der Waals surface area contributed by atoms with Crippen molar-refractivity contribution in [3.05, 3.63) is 29.8 Å². The highest BCUT2D eigenvalue weighted by Gasteiger charge is 2.05. The Morgan fingerprint density at radius 1 is 1.22 bits per heavy atom. The van der Waals surface area contributed by atoms with Gasteiger partial charge in [0.2, 0.25) is 0 Å². The molecule has 0 aliphatic rings. The lowest BCUT2D eigenvalue weighted by Gasteiger charge is -2.15. The summed E-state index contributed by atoms with van der Waals surface area (Å²) >= 11 is 0. The van der Waals surface area contributed by atoms with Gasteiger partial charge in [-0.05, 0) is 36.6 Å². The highest BCUT2D eigenvalue weighted by Crippen LogP contribution is 2.18. The predicted molar refractivity (Wildman–Crippen MR) is 75.2 cm³/mol. The zero-order valence-electron chi connectivity index (χ0n) is 11.6. The van der Waals surface area contributed by atoms with Crippen LogP contribution in [0.2, 0.25) is 0 Å². The zero-order valence-corrected chi connectivity index (χ0v) is 11.6. The third-order valence-electron chi connectivity index (χ3n) is 2.99. The van der Waals surface area contributed by atoms with E-state index in [9.17, 15) is 0 Å². The largest absolute Gasteiger partial charge is 0.494 e. The van der Waals surface area contributed by atoms with Crippen LogP contribution in [-0.4, -0.2) is 30.9 Å². The highest BCUT2D eigenvalue weighted by molar-refractivity contribution is 5.28. The number of aliphatic hydroxyl groups is 1. The number of likely N-dealkylation sites (N-methyl/N-ethyl adjacent to an activating group) is 1. The van der Waals surface area contributed by atoms with E-state index in [2.05, 4.69) is 31.3 Å². The van der Waals surface area contributed by atoms with E-state index in [1.807, 2.05) is 19.1 Å². The third kappa shape index (κ3) is 5.07. The van der Waals surface area contributed by atoms with Crippen LogP contribution in [0.3, 0.4) is 0 Å². The summed E-state index contributed by atoms with van der Waals surface area (Å²) < 4.78 is 5.67. The first kappa shape index (κ1) is 15.0. The maximum absolute atomic E-state index is 9.13. The number of aliphatic hydroxyl groups excluding tert-OH is 1. The van der Waals surface area contributed by atoms with E-state index in [1.54, 1.807) is 0 Å². The maximum atomic E-state index is 9.13. The molecule has 1 unspecified atom stereocenters. The molecule has 0 aliphatic carbocycles. The molecule has 0 heterocycles. The van der Waals surface area contributed by atoms with Gasteiger partial charge in [-0.2, -0.15) is 0 Å². The summed E-state index contributed by atoms with van der Waals surface area (Å²) in [6, 6.07) is 8.36. The number of hydrogen-bond acceptors (Lipinski definition) is 3. The second kappa shape index (κ2) is 8.11. The van der Waals surface area contributed by atoms with Gasteiger partial charge in [0.05, 0.1) is 13.2 Å². The van der Waals surface area contributed by atoms with Crippen LogP contribution in [0.15, 0.2) is 24.3 Å². The smallest absolute Gasteiger partial charge is 0.119 e. The Labute approximate surface area is 110 Å². The Bertz CT molecular complexity index is 322. The third-order valence-corrected chi connectivity index (χ3v) is 2.99. The van der Waals surface area contributed by atoms with Crippen molar-refractivity contribution in [2.45, 2.75) is 39.2 Å². The van der Waals surface area contributed by atoms with Crippen molar-refractivity contribution in [2.75, 3.05) is 19.8 Å². The van der Waals surface area contributed by atoms with Crippen LogP contribution in [0.25, 0.3) is 0 Å². The quantitative estimate of drug-likeness (QED) is 0.746. The van der Waals surface area contributed by atoms with Gasteiger partial charge in [-0.1, -0.05) is 32.9 Å². The van der Waals surface area contributed by atoms with Crippen molar-refractivity contribution in [1.29, 1.82) is 0 Å². The van der Waals surface area contributed by atoms with Gasteiger partial charge in [-0.25, -0.2) is 0 Å². The fraction of sp³-hybridized carbons (Fsp3) is 0.600. The minimum atomic E-state index is 0.130. The first-order valence-corrected chi connectivity index (χ1v) is 6.74. The molecule has 0 spiro atoms. The summed E-state index contributed by atoms with van der Waals surface area (Å²) in [5.41, 5.74) is 1.32. The monoisotopic (exact) mass is 251 g/mol. The molecule has 1 aromatic carbocycles. The minimum absolute atomic E-state index is 0.130. The Balaban J connectivity index is 2.34. The van der Waals surface area contributed by atoms with Gasteiger partial charge in [0, 0.05) is 6.04 Å². The summed E-state index contributed by atoms with van der Waals surface area (Å²) in [6.07, 6.45) is 0.816. The molecule has 1 atom stereocenters. The SMILES string of the molecule is CCNC(CO)CCOc1ccc(C(C)C)cc1. The van der Waals surface area contributed by atoms with Crippen LogP contribution in [0.5, 0.6) is 5.75 Å². The summed E-state index contributed by atoms with van der Waals surface area (Å²) in [7, 11) is 0. The Hall–Kier alpha value is -1.06. The number of hydrogen-bond donors (Lipinski definition) is 2. The summed E-state index contributed by atoms with van der Waals surface area (Å²) in [5, 5.41) is 12.3. The average molecular weight is 251 g/mol. The molecule has 0 amide bonds. The van der Waals surface area contributed by atoms with Gasteiger partial charge >= 0.3 is 0 Å². The lowest BCUT2D eigenvalue weighted by Crippen LogP contribution is -2.33. The molecule has 0 saturated heterocycles. The van der Waals surface area contributed by atoms with Crippen molar-refractivity contribution < 1.29 is 9.84 Å². The van der Waals surface area contributed by atoms with Gasteiger partial charge in [0.15, 0.2) is 0 Å². The van der Waals surface area contributed by atoms with Crippen LogP contribution in [0, 0.1) is 0 Å². The fourth-order valence-electron chi connectivity index (χ4n) is 1.81. The number of benzene rings is 1. The molecule has 3 nitrogen and oxygen atoms in total. The van der Waals surface area contributed by atoms with Crippen LogP contribution >= 0.6 is 0 Å². The van der Waals surface area contributed by atoms with Gasteiger partial charge in [0.25, 0.3) is 0 Å². The lowest BCUT2D eigenvalue weighted by atomic mass is 10.0. The fourth-order valence-corrected chi connectivity index (χ4v) is 1.81. The molecule has 0 fully saturated rings. The summed E-state index contributed by atoms with van der Waals surface area (Å²) in [4.78, 5) is 0. The molecular weight excluding hydrogens is 226 g/mol. The van der Waals surface area contributed by atoms with Gasteiger partial charge in [-0.15, -0.1) is 0 Å². The molecule has 102 valence electrons. The van der Waals surface area contributed by atoms with E-state index in [0.29, 0.717) is 12.5 Å². The first-order chi connectivity index (χ1) is 8.67. The summed E-state index contributed by atoms with van der Waals surface area (Å²) in [5.74, 6) is 1.44. The molecule has 18 heavy (non-hydrogen) atoms. The minimum Gasteiger partial charge on any atom is -0.494 e. The van der Waals surface area contributed by atoms with Crippen LogP contribution in [-0.2, 0) is 0 Å². The molecule has 3 heteroatoms. The van der Waals surface area contributed by atoms with Crippen LogP contribution in [0.1, 0.15) is 38.7 Å². The van der Waals surface area contributed by atoms with Crippen LogP contribution in [0.4, 0.5) is 0 Å². The van der Waals surface area contributed by atoms with Crippen molar-refractivity contribution in [3.63, 3.8) is 0 Å².